The zero-order chi connectivity index (χ0) is 24.5. The SMILES string of the molecule is COc1cc(-c2ccc3nccc(C(=O)N4CCCC4CNS(=O)(=O)C(F)(F)F)c3c2)ccn1. The normalized spacial score (nSPS) is 16.7. The van der Waals surface area contributed by atoms with Crippen LogP contribution in [0.1, 0.15) is 23.2 Å². The maximum absolute atomic E-state index is 13.4. The molecule has 8 nitrogen and oxygen atoms in total. The van der Waals surface area contributed by atoms with E-state index in [1.54, 1.807) is 35.2 Å². The van der Waals surface area contributed by atoms with Gasteiger partial charge in [-0.05, 0) is 48.2 Å². The van der Waals surface area contributed by atoms with Gasteiger partial charge in [0, 0.05) is 43.0 Å². The third kappa shape index (κ3) is 4.68. The highest BCUT2D eigenvalue weighted by atomic mass is 32.2. The molecule has 3 heterocycles. The number of nitrogens with one attached hydrogen (secondary N) is 1. The van der Waals surface area contributed by atoms with Gasteiger partial charge < -0.3 is 9.64 Å². The Kier molecular flexibility index (Phi) is 6.45. The summed E-state index contributed by atoms with van der Waals surface area (Å²) in [6, 6.07) is 9.84. The van der Waals surface area contributed by atoms with Crippen LogP contribution in [0.3, 0.4) is 0 Å². The largest absolute Gasteiger partial charge is 0.511 e. The number of benzene rings is 1. The van der Waals surface area contributed by atoms with Crippen molar-refractivity contribution in [3.8, 4) is 17.0 Å². The van der Waals surface area contributed by atoms with Crippen molar-refractivity contribution >= 4 is 26.8 Å². The number of likely N-dealkylation sites (tertiary alicyclic amines) is 1. The van der Waals surface area contributed by atoms with Crippen LogP contribution >= 0.6 is 0 Å². The summed E-state index contributed by atoms with van der Waals surface area (Å²) in [5.74, 6) is 0.0341. The quantitative estimate of drug-likeness (QED) is 0.564. The molecule has 0 saturated carbocycles. The first-order chi connectivity index (χ1) is 16.1. The topological polar surface area (TPSA) is 101 Å². The maximum atomic E-state index is 13.4. The molecular weight excluding hydrogens is 473 g/mol. The maximum Gasteiger partial charge on any atom is 0.511 e. The first kappa shape index (κ1) is 23.9. The van der Waals surface area contributed by atoms with Crippen molar-refractivity contribution < 1.29 is 31.1 Å². The van der Waals surface area contributed by atoms with E-state index >= 15 is 0 Å². The number of alkyl halides is 3. The number of carbonyl (C=O) groups excluding carboxylic acids is 1. The summed E-state index contributed by atoms with van der Waals surface area (Å²) in [6.45, 7) is -0.207. The average Bonchev–Trinajstić information content (AvgIpc) is 3.29. The Hall–Kier alpha value is -3.25. The molecule has 1 N–H and O–H groups in total. The van der Waals surface area contributed by atoms with Gasteiger partial charge in [-0.15, -0.1) is 0 Å². The zero-order valence-corrected chi connectivity index (χ0v) is 18.9. The second kappa shape index (κ2) is 9.18. The molecule has 0 aliphatic carbocycles. The molecule has 1 aliphatic rings. The molecular formula is C22H21F3N4O4S. The first-order valence-corrected chi connectivity index (χ1v) is 11.8. The van der Waals surface area contributed by atoms with Gasteiger partial charge in [-0.1, -0.05) is 6.07 Å². The van der Waals surface area contributed by atoms with Crippen LogP contribution in [0.25, 0.3) is 22.0 Å². The number of hydrogen-bond acceptors (Lipinski definition) is 6. The van der Waals surface area contributed by atoms with Gasteiger partial charge >= 0.3 is 15.5 Å². The van der Waals surface area contributed by atoms with Gasteiger partial charge in [-0.25, -0.2) is 18.1 Å². The second-order valence-electron chi connectivity index (χ2n) is 7.77. The fourth-order valence-corrected chi connectivity index (χ4v) is 4.55. The minimum atomic E-state index is -5.49. The van der Waals surface area contributed by atoms with E-state index < -0.39 is 34.0 Å². The molecule has 1 atom stereocenters. The fourth-order valence-electron chi connectivity index (χ4n) is 3.97. The molecule has 180 valence electrons. The number of methoxy groups -OCH3 is 1. The lowest BCUT2D eigenvalue weighted by Crippen LogP contribution is -2.46. The number of ether oxygens (including phenoxy) is 1. The molecule has 0 bridgehead atoms. The summed E-state index contributed by atoms with van der Waals surface area (Å²) >= 11 is 0. The minimum absolute atomic E-state index is 0.308. The second-order valence-corrected chi connectivity index (χ2v) is 9.53. The van der Waals surface area contributed by atoms with Gasteiger partial charge in [0.1, 0.15) is 0 Å². The Morgan fingerprint density at radius 2 is 1.88 bits per heavy atom. The molecule has 4 rings (SSSR count). The van der Waals surface area contributed by atoms with Crippen molar-refractivity contribution in [1.29, 1.82) is 0 Å². The van der Waals surface area contributed by atoms with E-state index in [0.717, 1.165) is 11.1 Å². The van der Waals surface area contributed by atoms with Crippen LogP contribution in [0, 0.1) is 0 Å². The molecule has 1 saturated heterocycles. The summed E-state index contributed by atoms with van der Waals surface area (Å²) in [5.41, 5.74) is -2.89. The van der Waals surface area contributed by atoms with Crippen LogP contribution in [0.4, 0.5) is 13.2 Å². The van der Waals surface area contributed by atoms with Crippen molar-refractivity contribution in [2.24, 2.45) is 0 Å². The standard InChI is InChI=1S/C22H21F3N4O4S/c1-33-20-12-15(6-8-27-20)14-4-5-19-18(11-14)17(7-9-26-19)21(30)29-10-2-3-16(29)13-28-34(31,32)22(23,24)25/h4-9,11-12,16,28H,2-3,10,13H2,1H3. The Labute approximate surface area is 193 Å². The molecule has 1 amide bonds. The smallest absolute Gasteiger partial charge is 0.481 e. The van der Waals surface area contributed by atoms with Crippen LogP contribution in [0.5, 0.6) is 5.88 Å². The van der Waals surface area contributed by atoms with E-state index in [9.17, 15) is 26.4 Å². The van der Waals surface area contributed by atoms with Gasteiger partial charge in [-0.2, -0.15) is 13.2 Å². The lowest BCUT2D eigenvalue weighted by atomic mass is 10.0. The van der Waals surface area contributed by atoms with Crippen LogP contribution in [0.15, 0.2) is 48.8 Å². The third-order valence-electron chi connectivity index (χ3n) is 5.70. The predicted molar refractivity (Wildman–Crippen MR) is 119 cm³/mol. The number of carbonyl (C=O) groups is 1. The number of pyridine rings is 2. The zero-order valence-electron chi connectivity index (χ0n) is 18.0. The Balaban J connectivity index is 1.64. The lowest BCUT2D eigenvalue weighted by molar-refractivity contribution is -0.0448. The number of sulfonamides is 1. The van der Waals surface area contributed by atoms with E-state index in [1.807, 2.05) is 12.1 Å². The third-order valence-corrected chi connectivity index (χ3v) is 6.86. The van der Waals surface area contributed by atoms with E-state index in [1.165, 1.54) is 18.2 Å². The minimum Gasteiger partial charge on any atom is -0.481 e. The van der Waals surface area contributed by atoms with Crippen molar-refractivity contribution in [3.63, 3.8) is 0 Å². The predicted octanol–water partition coefficient (Wildman–Crippen LogP) is 3.35. The monoisotopic (exact) mass is 494 g/mol. The fraction of sp³-hybridized carbons (Fsp3) is 0.318. The summed E-state index contributed by atoms with van der Waals surface area (Å²) in [6.07, 6.45) is 4.03. The summed E-state index contributed by atoms with van der Waals surface area (Å²) in [5, 5.41) is 0.572. The molecule has 0 spiro atoms. The van der Waals surface area contributed by atoms with Crippen LogP contribution in [0.2, 0.25) is 0 Å². The van der Waals surface area contributed by atoms with Crippen LogP contribution in [-0.4, -0.2) is 60.9 Å². The first-order valence-electron chi connectivity index (χ1n) is 10.4. The lowest BCUT2D eigenvalue weighted by Gasteiger charge is -2.25. The molecule has 3 aromatic rings. The number of aromatic nitrogens is 2. The van der Waals surface area contributed by atoms with Gasteiger partial charge in [0.05, 0.1) is 18.2 Å². The molecule has 12 heteroatoms. The van der Waals surface area contributed by atoms with E-state index in [-0.39, 0.29) is 0 Å². The van der Waals surface area contributed by atoms with Crippen molar-refractivity contribution in [2.75, 3.05) is 20.2 Å². The average molecular weight is 494 g/mol. The van der Waals surface area contributed by atoms with Crippen molar-refractivity contribution in [1.82, 2.24) is 19.6 Å². The Morgan fingerprint density at radius 3 is 2.62 bits per heavy atom. The molecule has 2 aromatic heterocycles. The van der Waals surface area contributed by atoms with Gasteiger partial charge in [0.15, 0.2) is 0 Å². The Morgan fingerprint density at radius 1 is 1.15 bits per heavy atom. The molecule has 0 radical (unpaired) electrons. The molecule has 1 fully saturated rings. The van der Waals surface area contributed by atoms with Crippen molar-refractivity contribution in [2.45, 2.75) is 24.4 Å². The Bertz CT molecular complexity index is 1330. The number of hydrogen-bond donors (Lipinski definition) is 1. The van der Waals surface area contributed by atoms with Gasteiger partial charge in [0.2, 0.25) is 5.88 Å². The number of amides is 1. The highest BCUT2D eigenvalue weighted by Crippen LogP contribution is 2.29. The van der Waals surface area contributed by atoms with Crippen LogP contribution in [-0.2, 0) is 10.0 Å². The van der Waals surface area contributed by atoms with Crippen molar-refractivity contribution in [3.05, 3.63) is 54.4 Å². The van der Waals surface area contributed by atoms with E-state index in [2.05, 4.69) is 9.97 Å². The van der Waals surface area contributed by atoms with Gasteiger partial charge in [0.25, 0.3) is 5.91 Å². The summed E-state index contributed by atoms with van der Waals surface area (Å²) in [7, 11) is -3.98. The van der Waals surface area contributed by atoms with E-state index in [4.69, 9.17) is 4.74 Å². The van der Waals surface area contributed by atoms with Gasteiger partial charge in [-0.3, -0.25) is 9.78 Å². The number of nitrogens with zero attached hydrogens (tertiary/aromatic N) is 3. The highest BCUT2D eigenvalue weighted by Gasteiger charge is 2.46. The summed E-state index contributed by atoms with van der Waals surface area (Å²) in [4.78, 5) is 23.2. The number of halogens is 3. The highest BCUT2D eigenvalue weighted by molar-refractivity contribution is 7.90. The number of rotatable bonds is 6. The molecule has 1 aromatic carbocycles. The molecule has 1 aliphatic heterocycles. The summed E-state index contributed by atoms with van der Waals surface area (Å²) < 4.78 is 67.6. The molecule has 34 heavy (non-hydrogen) atoms. The number of fused-ring (bicyclic) bond motifs is 1. The molecule has 1 unspecified atom stereocenters. The van der Waals surface area contributed by atoms with E-state index in [0.29, 0.717) is 41.7 Å². The van der Waals surface area contributed by atoms with Crippen LogP contribution < -0.4 is 9.46 Å².